The van der Waals surface area contributed by atoms with Crippen LogP contribution in [0.3, 0.4) is 0 Å². The van der Waals surface area contributed by atoms with Gasteiger partial charge in [-0.05, 0) is 24.6 Å². The smallest absolute Gasteiger partial charge is 0.323 e. The van der Waals surface area contributed by atoms with Crippen LogP contribution in [-0.2, 0) is 16.0 Å². The lowest BCUT2D eigenvalue weighted by Gasteiger charge is -2.19. The van der Waals surface area contributed by atoms with Gasteiger partial charge < -0.3 is 14.7 Å². The Hall–Kier alpha value is -2.32. The number of hydrogen-bond donors (Lipinski definition) is 1. The Balaban J connectivity index is 2.17. The summed E-state index contributed by atoms with van der Waals surface area (Å²) in [7, 11) is 1.49. The van der Waals surface area contributed by atoms with Gasteiger partial charge in [0.25, 0.3) is 5.91 Å². The Kier molecular flexibility index (Phi) is 6.60. The maximum absolute atomic E-state index is 13.0. The van der Waals surface area contributed by atoms with Crippen LogP contribution in [0.15, 0.2) is 24.3 Å². The molecule has 1 amide bonds. The molecule has 0 unspecified atom stereocenters. The zero-order chi connectivity index (χ0) is 18.4. The first-order valence-electron chi connectivity index (χ1n) is 7.61. The molecule has 2 aromatic rings. The molecule has 0 saturated heterocycles. The quantitative estimate of drug-likeness (QED) is 0.776. The van der Waals surface area contributed by atoms with E-state index in [1.807, 2.05) is 0 Å². The van der Waals surface area contributed by atoms with Crippen LogP contribution >= 0.6 is 11.3 Å². The van der Waals surface area contributed by atoms with Crippen molar-refractivity contribution in [3.8, 4) is 0 Å². The van der Waals surface area contributed by atoms with Gasteiger partial charge in [-0.1, -0.05) is 12.1 Å². The number of carbonyl (C=O) groups is 2. The molecule has 0 aliphatic carbocycles. The highest BCUT2D eigenvalue weighted by molar-refractivity contribution is 7.13. The molecule has 0 atom stereocenters. The third-order valence-corrected chi connectivity index (χ3v) is 4.63. The van der Waals surface area contributed by atoms with Crippen LogP contribution in [0.5, 0.6) is 0 Å². The lowest BCUT2D eigenvalue weighted by molar-refractivity contribution is -0.137. The molecule has 0 bridgehead atoms. The molecule has 1 heterocycles. The van der Waals surface area contributed by atoms with E-state index >= 15 is 0 Å². The van der Waals surface area contributed by atoms with Crippen molar-refractivity contribution < 1.29 is 23.8 Å². The van der Waals surface area contributed by atoms with Crippen molar-refractivity contribution in [1.29, 1.82) is 0 Å². The first-order chi connectivity index (χ1) is 11.9. The molecule has 6 nitrogen and oxygen atoms in total. The van der Waals surface area contributed by atoms with Gasteiger partial charge in [0.2, 0.25) is 0 Å². The number of halogens is 1. The Labute approximate surface area is 148 Å². The lowest BCUT2D eigenvalue weighted by atomic mass is 10.1. The van der Waals surface area contributed by atoms with E-state index in [1.54, 1.807) is 19.1 Å². The monoisotopic (exact) mass is 366 g/mol. The minimum absolute atomic E-state index is 0.187. The highest BCUT2D eigenvalue weighted by atomic mass is 32.1. The summed E-state index contributed by atoms with van der Waals surface area (Å²) in [5.74, 6) is -1.77. The van der Waals surface area contributed by atoms with E-state index in [2.05, 4.69) is 4.98 Å². The third-order valence-electron chi connectivity index (χ3n) is 3.48. The molecule has 0 aliphatic rings. The Morgan fingerprint density at radius 1 is 1.32 bits per heavy atom. The second-order valence-electron chi connectivity index (χ2n) is 5.44. The van der Waals surface area contributed by atoms with Crippen LogP contribution in [0.4, 0.5) is 4.39 Å². The molecule has 0 saturated carbocycles. The van der Waals surface area contributed by atoms with Gasteiger partial charge >= 0.3 is 5.97 Å². The van der Waals surface area contributed by atoms with Gasteiger partial charge in [0, 0.05) is 20.1 Å². The second-order valence-corrected chi connectivity index (χ2v) is 6.52. The first-order valence-corrected chi connectivity index (χ1v) is 8.43. The van der Waals surface area contributed by atoms with Crippen molar-refractivity contribution >= 4 is 23.2 Å². The number of aliphatic carboxylic acids is 1. The van der Waals surface area contributed by atoms with Gasteiger partial charge in [-0.2, -0.15) is 0 Å². The standard InChI is InChI=1S/C17H19FN2O4S/c1-11-16(17(23)20(7-8-24-2)10-15(21)22)25-14(19-11)9-12-3-5-13(18)6-4-12/h3-6H,7-10H2,1-2H3,(H,21,22). The van der Waals surface area contributed by atoms with E-state index in [-0.39, 0.29) is 24.9 Å². The molecule has 1 aromatic carbocycles. The maximum atomic E-state index is 13.0. The fourth-order valence-corrected chi connectivity index (χ4v) is 3.33. The average Bonchev–Trinajstić information content (AvgIpc) is 2.93. The van der Waals surface area contributed by atoms with E-state index in [0.717, 1.165) is 10.6 Å². The summed E-state index contributed by atoms with van der Waals surface area (Å²) in [4.78, 5) is 29.7. The minimum atomic E-state index is -1.09. The number of methoxy groups -OCH3 is 1. The molecular weight excluding hydrogens is 347 g/mol. The average molecular weight is 366 g/mol. The van der Waals surface area contributed by atoms with Crippen molar-refractivity contribution in [2.24, 2.45) is 0 Å². The number of thiazole rings is 1. The van der Waals surface area contributed by atoms with Crippen LogP contribution in [0.2, 0.25) is 0 Å². The van der Waals surface area contributed by atoms with E-state index < -0.39 is 12.5 Å². The van der Waals surface area contributed by atoms with Crippen molar-refractivity contribution in [3.63, 3.8) is 0 Å². The van der Waals surface area contributed by atoms with E-state index in [9.17, 15) is 14.0 Å². The van der Waals surface area contributed by atoms with Gasteiger partial charge in [-0.15, -0.1) is 11.3 Å². The summed E-state index contributed by atoms with van der Waals surface area (Å²) >= 11 is 1.23. The third kappa shape index (κ3) is 5.33. The Bertz CT molecular complexity index is 746. The normalized spacial score (nSPS) is 10.7. The number of nitrogens with zero attached hydrogens (tertiary/aromatic N) is 2. The van der Waals surface area contributed by atoms with E-state index in [4.69, 9.17) is 9.84 Å². The largest absolute Gasteiger partial charge is 0.480 e. The van der Waals surface area contributed by atoms with Crippen molar-refractivity contribution in [2.75, 3.05) is 26.8 Å². The number of benzene rings is 1. The molecular formula is C17H19FN2O4S. The summed E-state index contributed by atoms with van der Waals surface area (Å²) in [6.45, 7) is 1.76. The van der Waals surface area contributed by atoms with Gasteiger partial charge in [-0.3, -0.25) is 9.59 Å². The number of aromatic nitrogens is 1. The van der Waals surface area contributed by atoms with Gasteiger partial charge in [0.05, 0.1) is 17.3 Å². The molecule has 2 rings (SSSR count). The highest BCUT2D eigenvalue weighted by Gasteiger charge is 2.23. The fraction of sp³-hybridized carbons (Fsp3) is 0.353. The Morgan fingerprint density at radius 2 is 2.00 bits per heavy atom. The zero-order valence-corrected chi connectivity index (χ0v) is 14.8. The second kappa shape index (κ2) is 8.68. The molecule has 1 aromatic heterocycles. The zero-order valence-electron chi connectivity index (χ0n) is 14.0. The number of ether oxygens (including phenoxy) is 1. The molecule has 1 N–H and O–H groups in total. The molecule has 0 spiro atoms. The summed E-state index contributed by atoms with van der Waals surface area (Å²) < 4.78 is 17.9. The lowest BCUT2D eigenvalue weighted by Crippen LogP contribution is -2.37. The summed E-state index contributed by atoms with van der Waals surface area (Å²) in [6, 6.07) is 6.09. The molecule has 0 radical (unpaired) electrons. The number of rotatable bonds is 8. The topological polar surface area (TPSA) is 79.7 Å². The maximum Gasteiger partial charge on any atom is 0.323 e. The van der Waals surface area contributed by atoms with Crippen molar-refractivity contribution in [2.45, 2.75) is 13.3 Å². The van der Waals surface area contributed by atoms with Crippen LogP contribution in [-0.4, -0.2) is 53.7 Å². The number of carboxylic acids is 1. The molecule has 8 heteroatoms. The van der Waals surface area contributed by atoms with Gasteiger partial charge in [0.15, 0.2) is 0 Å². The number of amides is 1. The van der Waals surface area contributed by atoms with E-state index in [0.29, 0.717) is 17.0 Å². The SMILES string of the molecule is COCCN(CC(=O)O)C(=O)c1sc(Cc2ccc(F)cc2)nc1C. The van der Waals surface area contributed by atoms with Crippen molar-refractivity contribution in [3.05, 3.63) is 51.2 Å². The molecule has 0 aliphatic heterocycles. The summed E-state index contributed by atoms with van der Waals surface area (Å²) in [5, 5.41) is 9.71. The van der Waals surface area contributed by atoms with Crippen LogP contribution in [0, 0.1) is 12.7 Å². The van der Waals surface area contributed by atoms with Crippen LogP contribution in [0.25, 0.3) is 0 Å². The predicted molar refractivity (Wildman–Crippen MR) is 91.5 cm³/mol. The first kappa shape index (κ1) is 19.0. The molecule has 134 valence electrons. The predicted octanol–water partition coefficient (Wildman–Crippen LogP) is 2.35. The Morgan fingerprint density at radius 3 is 2.60 bits per heavy atom. The summed E-state index contributed by atoms with van der Waals surface area (Å²) in [6.07, 6.45) is 0.482. The van der Waals surface area contributed by atoms with Crippen molar-refractivity contribution in [1.82, 2.24) is 9.88 Å². The minimum Gasteiger partial charge on any atom is -0.480 e. The van der Waals surface area contributed by atoms with Crippen LogP contribution < -0.4 is 0 Å². The van der Waals surface area contributed by atoms with Gasteiger partial charge in [-0.25, -0.2) is 9.37 Å². The van der Waals surface area contributed by atoms with E-state index in [1.165, 1.54) is 35.5 Å². The number of carboxylic acid groups (broad SMARTS) is 1. The van der Waals surface area contributed by atoms with Crippen LogP contribution in [0.1, 0.15) is 25.9 Å². The number of carbonyl (C=O) groups excluding carboxylic acids is 1. The summed E-state index contributed by atoms with van der Waals surface area (Å²) in [5.41, 5.74) is 1.44. The van der Waals surface area contributed by atoms with Gasteiger partial charge in [0.1, 0.15) is 17.2 Å². The fourth-order valence-electron chi connectivity index (χ4n) is 2.26. The molecule has 0 fully saturated rings. The number of aryl methyl sites for hydroxylation is 1. The highest BCUT2D eigenvalue weighted by Crippen LogP contribution is 2.22. The number of hydrogen-bond acceptors (Lipinski definition) is 5. The molecule has 25 heavy (non-hydrogen) atoms.